The predicted octanol–water partition coefficient (Wildman–Crippen LogP) is 3.09. The highest BCUT2D eigenvalue weighted by atomic mass is 32.1. The number of carbonyl (C=O) groups excluding carboxylic acids is 3. The summed E-state index contributed by atoms with van der Waals surface area (Å²) in [5, 5.41) is 5.14. The van der Waals surface area contributed by atoms with Crippen LogP contribution in [-0.2, 0) is 14.3 Å². The van der Waals surface area contributed by atoms with E-state index in [1.54, 1.807) is 33.0 Å². The molecule has 9 heteroatoms. The number of amides is 2. The molecule has 1 atom stereocenters. The van der Waals surface area contributed by atoms with E-state index in [1.165, 1.54) is 11.3 Å². The predicted molar refractivity (Wildman–Crippen MR) is 124 cm³/mol. The monoisotopic (exact) mass is 459 g/mol. The van der Waals surface area contributed by atoms with Crippen molar-refractivity contribution in [1.29, 1.82) is 0 Å². The van der Waals surface area contributed by atoms with Crippen LogP contribution in [0.2, 0.25) is 0 Å². The SMILES string of the molecule is CCOC(=O)c1c(-c2ccc(OC)cc2)csc1NC(=O)CN1CCC[C@H]1C(=O)N(C)C. The molecule has 1 fully saturated rings. The van der Waals surface area contributed by atoms with Gasteiger partial charge >= 0.3 is 5.97 Å². The third-order valence-electron chi connectivity index (χ3n) is 5.36. The van der Waals surface area contributed by atoms with Crippen LogP contribution in [0.15, 0.2) is 29.6 Å². The Hall–Kier alpha value is -2.91. The first-order valence-corrected chi connectivity index (χ1v) is 11.4. The molecule has 1 aliphatic heterocycles. The number of likely N-dealkylation sites (N-methyl/N-ethyl adjacent to an activating group) is 1. The normalized spacial score (nSPS) is 15.9. The van der Waals surface area contributed by atoms with Crippen molar-refractivity contribution in [3.63, 3.8) is 0 Å². The molecule has 0 radical (unpaired) electrons. The Morgan fingerprint density at radius 1 is 1.22 bits per heavy atom. The largest absolute Gasteiger partial charge is 0.497 e. The molecular weight excluding hydrogens is 430 g/mol. The number of nitrogens with one attached hydrogen (secondary N) is 1. The minimum Gasteiger partial charge on any atom is -0.497 e. The number of carbonyl (C=O) groups is 3. The molecule has 0 unspecified atom stereocenters. The molecule has 0 aliphatic carbocycles. The third kappa shape index (κ3) is 5.28. The molecular formula is C23H29N3O5S. The summed E-state index contributed by atoms with van der Waals surface area (Å²) in [5.41, 5.74) is 1.84. The summed E-state index contributed by atoms with van der Waals surface area (Å²) in [6.45, 7) is 2.74. The fraction of sp³-hybridized carbons (Fsp3) is 0.435. The minimum atomic E-state index is -0.489. The molecule has 1 aliphatic rings. The van der Waals surface area contributed by atoms with Crippen molar-refractivity contribution in [1.82, 2.24) is 9.80 Å². The van der Waals surface area contributed by atoms with Gasteiger partial charge in [-0.3, -0.25) is 14.5 Å². The van der Waals surface area contributed by atoms with Gasteiger partial charge in [-0.25, -0.2) is 4.79 Å². The molecule has 0 saturated carbocycles. The molecule has 8 nitrogen and oxygen atoms in total. The van der Waals surface area contributed by atoms with Crippen molar-refractivity contribution < 1.29 is 23.9 Å². The van der Waals surface area contributed by atoms with Crippen LogP contribution in [0.1, 0.15) is 30.1 Å². The van der Waals surface area contributed by atoms with Gasteiger partial charge in [0.25, 0.3) is 0 Å². The molecule has 0 bridgehead atoms. The number of methoxy groups -OCH3 is 1. The lowest BCUT2D eigenvalue weighted by atomic mass is 10.0. The number of hydrogen-bond donors (Lipinski definition) is 1. The maximum atomic E-state index is 12.8. The van der Waals surface area contributed by atoms with Crippen LogP contribution in [0.5, 0.6) is 5.75 Å². The summed E-state index contributed by atoms with van der Waals surface area (Å²) in [6.07, 6.45) is 1.60. The van der Waals surface area contributed by atoms with Crippen molar-refractivity contribution in [2.75, 3.05) is 46.2 Å². The Balaban J connectivity index is 1.81. The van der Waals surface area contributed by atoms with Crippen LogP contribution < -0.4 is 10.1 Å². The van der Waals surface area contributed by atoms with E-state index in [1.807, 2.05) is 34.5 Å². The maximum Gasteiger partial charge on any atom is 0.341 e. The molecule has 2 aromatic rings. The lowest BCUT2D eigenvalue weighted by Gasteiger charge is -2.25. The van der Waals surface area contributed by atoms with Gasteiger partial charge in [0.05, 0.1) is 26.3 Å². The maximum absolute atomic E-state index is 12.8. The Morgan fingerprint density at radius 3 is 2.56 bits per heavy atom. The zero-order valence-corrected chi connectivity index (χ0v) is 19.7. The highest BCUT2D eigenvalue weighted by Crippen LogP contribution is 2.37. The molecule has 32 heavy (non-hydrogen) atoms. The van der Waals surface area contributed by atoms with Crippen LogP contribution in [0, 0.1) is 0 Å². The van der Waals surface area contributed by atoms with Gasteiger partial charge in [0.2, 0.25) is 11.8 Å². The number of benzene rings is 1. The number of anilines is 1. The van der Waals surface area contributed by atoms with Crippen molar-refractivity contribution in [3.05, 3.63) is 35.2 Å². The Labute approximate surface area is 192 Å². The zero-order valence-electron chi connectivity index (χ0n) is 18.8. The first-order valence-electron chi connectivity index (χ1n) is 10.5. The third-order valence-corrected chi connectivity index (χ3v) is 6.26. The molecule has 2 amide bonds. The van der Waals surface area contributed by atoms with Crippen LogP contribution in [0.25, 0.3) is 11.1 Å². The molecule has 1 N–H and O–H groups in total. The number of esters is 1. The summed E-state index contributed by atoms with van der Waals surface area (Å²) in [5.74, 6) is -0.0445. The van der Waals surface area contributed by atoms with E-state index in [9.17, 15) is 14.4 Å². The summed E-state index contributed by atoms with van der Waals surface area (Å²) in [7, 11) is 5.03. The average molecular weight is 460 g/mol. The average Bonchev–Trinajstić information content (AvgIpc) is 3.40. The van der Waals surface area contributed by atoms with E-state index in [-0.39, 0.29) is 31.0 Å². The molecule has 3 rings (SSSR count). The highest BCUT2D eigenvalue weighted by Gasteiger charge is 2.33. The second kappa shape index (κ2) is 10.6. The quantitative estimate of drug-likeness (QED) is 0.611. The number of ether oxygens (including phenoxy) is 2. The summed E-state index contributed by atoms with van der Waals surface area (Å²) >= 11 is 1.28. The summed E-state index contributed by atoms with van der Waals surface area (Å²) in [4.78, 5) is 41.4. The number of nitrogens with zero attached hydrogens (tertiary/aromatic N) is 2. The van der Waals surface area contributed by atoms with Gasteiger partial charge in [0.1, 0.15) is 16.3 Å². The first-order chi connectivity index (χ1) is 15.3. The van der Waals surface area contributed by atoms with Gasteiger partial charge in [0, 0.05) is 25.0 Å². The van der Waals surface area contributed by atoms with Crippen LogP contribution >= 0.6 is 11.3 Å². The van der Waals surface area contributed by atoms with E-state index >= 15 is 0 Å². The number of thiophene rings is 1. The van der Waals surface area contributed by atoms with E-state index in [4.69, 9.17) is 9.47 Å². The van der Waals surface area contributed by atoms with Gasteiger partial charge in [-0.1, -0.05) is 12.1 Å². The van der Waals surface area contributed by atoms with Gasteiger partial charge < -0.3 is 19.7 Å². The number of likely N-dealkylation sites (tertiary alicyclic amines) is 1. The lowest BCUT2D eigenvalue weighted by Crippen LogP contribution is -2.45. The summed E-state index contributed by atoms with van der Waals surface area (Å²) < 4.78 is 10.5. The summed E-state index contributed by atoms with van der Waals surface area (Å²) in [6, 6.07) is 7.05. The second-order valence-corrected chi connectivity index (χ2v) is 8.59. The van der Waals surface area contributed by atoms with Gasteiger partial charge in [-0.05, 0) is 44.0 Å². The Bertz CT molecular complexity index is 971. The number of hydrogen-bond acceptors (Lipinski definition) is 7. The second-order valence-electron chi connectivity index (χ2n) is 7.71. The van der Waals surface area contributed by atoms with Crippen molar-refractivity contribution >= 4 is 34.1 Å². The van der Waals surface area contributed by atoms with Crippen molar-refractivity contribution in [2.24, 2.45) is 0 Å². The molecule has 1 aromatic heterocycles. The van der Waals surface area contributed by atoms with E-state index in [0.29, 0.717) is 28.4 Å². The molecule has 2 heterocycles. The standard InChI is InChI=1S/C23H29N3O5S/c1-5-31-23(29)20-17(15-8-10-16(30-4)11-9-15)14-32-21(20)24-19(27)13-26-12-6-7-18(26)22(28)25(2)3/h8-11,14,18H,5-7,12-13H2,1-4H3,(H,24,27)/t18-/m0/s1. The van der Waals surface area contributed by atoms with E-state index in [2.05, 4.69) is 5.32 Å². The molecule has 1 aromatic carbocycles. The zero-order chi connectivity index (χ0) is 23.3. The lowest BCUT2D eigenvalue weighted by molar-refractivity contribution is -0.133. The van der Waals surface area contributed by atoms with Gasteiger partial charge in [-0.2, -0.15) is 0 Å². The topological polar surface area (TPSA) is 88.2 Å². The Morgan fingerprint density at radius 2 is 1.94 bits per heavy atom. The minimum absolute atomic E-state index is 0.000396. The van der Waals surface area contributed by atoms with Crippen molar-refractivity contribution in [2.45, 2.75) is 25.8 Å². The number of rotatable bonds is 8. The fourth-order valence-electron chi connectivity index (χ4n) is 3.78. The van der Waals surface area contributed by atoms with E-state index in [0.717, 1.165) is 18.4 Å². The highest BCUT2D eigenvalue weighted by molar-refractivity contribution is 7.15. The van der Waals surface area contributed by atoms with Gasteiger partial charge in [-0.15, -0.1) is 11.3 Å². The van der Waals surface area contributed by atoms with Crippen LogP contribution in [0.4, 0.5) is 5.00 Å². The smallest absolute Gasteiger partial charge is 0.341 e. The van der Waals surface area contributed by atoms with Crippen molar-refractivity contribution in [3.8, 4) is 16.9 Å². The van der Waals surface area contributed by atoms with Crippen LogP contribution in [0.3, 0.4) is 0 Å². The molecule has 1 saturated heterocycles. The molecule has 0 spiro atoms. The molecule has 172 valence electrons. The first kappa shape index (κ1) is 23.7. The fourth-order valence-corrected chi connectivity index (χ4v) is 4.76. The Kier molecular flexibility index (Phi) is 7.87. The van der Waals surface area contributed by atoms with Gasteiger partial charge in [0.15, 0.2) is 0 Å². The van der Waals surface area contributed by atoms with E-state index < -0.39 is 5.97 Å². The van der Waals surface area contributed by atoms with Crippen LogP contribution in [-0.4, -0.2) is 74.5 Å².